The molecule has 0 atom stereocenters. The summed E-state index contributed by atoms with van der Waals surface area (Å²) in [6.07, 6.45) is 2.25. The lowest BCUT2D eigenvalue weighted by atomic mass is 10.3. The maximum absolute atomic E-state index is 10.4. The molecule has 0 aliphatic rings. The van der Waals surface area contributed by atoms with Crippen molar-refractivity contribution in [3.8, 4) is 5.75 Å². The van der Waals surface area contributed by atoms with Gasteiger partial charge < -0.3 is 4.74 Å². The van der Waals surface area contributed by atoms with Gasteiger partial charge in [0, 0.05) is 4.47 Å². The molecule has 2 rings (SSSR count). The fourth-order valence-electron chi connectivity index (χ4n) is 1.29. The van der Waals surface area contributed by atoms with Gasteiger partial charge in [0.05, 0.1) is 12.7 Å². The molecule has 1 heterocycles. The van der Waals surface area contributed by atoms with Gasteiger partial charge in [-0.25, -0.2) is 4.68 Å². The predicted octanol–water partition coefficient (Wildman–Crippen LogP) is 1.93. The molecule has 0 bridgehead atoms. The van der Waals surface area contributed by atoms with Gasteiger partial charge in [0.2, 0.25) is 0 Å². The summed E-state index contributed by atoms with van der Waals surface area (Å²) in [5, 5.41) is 7.44. The van der Waals surface area contributed by atoms with Gasteiger partial charge in [-0.3, -0.25) is 4.79 Å². The number of halogens is 1. The summed E-state index contributed by atoms with van der Waals surface area (Å²) in [5.74, 6) is 0.787. The minimum absolute atomic E-state index is 0.326. The monoisotopic (exact) mass is 295 g/mol. The number of carbonyl (C=O) groups is 1. The maximum atomic E-state index is 10.4. The number of aromatic nitrogens is 3. The molecule has 0 saturated carbocycles. The third-order valence-corrected chi connectivity index (χ3v) is 2.56. The highest BCUT2D eigenvalue weighted by Crippen LogP contribution is 2.17. The van der Waals surface area contributed by atoms with E-state index in [-0.39, 0.29) is 0 Å². The molecular formula is C11H10BrN3O2. The van der Waals surface area contributed by atoms with E-state index in [1.165, 1.54) is 0 Å². The van der Waals surface area contributed by atoms with E-state index in [1.54, 1.807) is 10.9 Å². The van der Waals surface area contributed by atoms with Gasteiger partial charge in [-0.2, -0.15) is 0 Å². The Morgan fingerprint density at radius 2 is 2.35 bits per heavy atom. The molecule has 88 valence electrons. The summed E-state index contributed by atoms with van der Waals surface area (Å²) >= 11 is 3.37. The molecule has 0 unspecified atom stereocenters. The minimum Gasteiger partial charge on any atom is -0.492 e. The molecule has 5 nitrogen and oxygen atoms in total. The smallest absolute Gasteiger partial charge is 0.171 e. The maximum Gasteiger partial charge on any atom is 0.171 e. The van der Waals surface area contributed by atoms with Crippen LogP contribution in [0.5, 0.6) is 5.75 Å². The second-order valence-corrected chi connectivity index (χ2v) is 4.25. The van der Waals surface area contributed by atoms with Gasteiger partial charge in [-0.1, -0.05) is 27.2 Å². The van der Waals surface area contributed by atoms with E-state index < -0.39 is 0 Å². The van der Waals surface area contributed by atoms with E-state index in [0.717, 1.165) is 10.2 Å². The summed E-state index contributed by atoms with van der Waals surface area (Å²) < 4.78 is 8.07. The first-order valence-corrected chi connectivity index (χ1v) is 5.81. The Morgan fingerprint density at radius 1 is 1.47 bits per heavy atom. The molecule has 1 aromatic carbocycles. The van der Waals surface area contributed by atoms with Crippen LogP contribution in [0.3, 0.4) is 0 Å². The van der Waals surface area contributed by atoms with Crippen molar-refractivity contribution < 1.29 is 9.53 Å². The van der Waals surface area contributed by atoms with Gasteiger partial charge in [-0.05, 0) is 18.2 Å². The van der Waals surface area contributed by atoms with Crippen LogP contribution in [0.1, 0.15) is 10.5 Å². The lowest BCUT2D eigenvalue weighted by Gasteiger charge is -2.05. The third-order valence-electron chi connectivity index (χ3n) is 2.06. The fourth-order valence-corrected chi connectivity index (χ4v) is 1.67. The highest BCUT2D eigenvalue weighted by atomic mass is 79.9. The predicted molar refractivity (Wildman–Crippen MR) is 65.0 cm³/mol. The van der Waals surface area contributed by atoms with Crippen LogP contribution in [0, 0.1) is 0 Å². The highest BCUT2D eigenvalue weighted by Gasteiger charge is 1.99. The molecule has 0 saturated heterocycles. The first-order valence-electron chi connectivity index (χ1n) is 5.01. The molecule has 1 aromatic heterocycles. The molecule has 0 fully saturated rings. The van der Waals surface area contributed by atoms with E-state index >= 15 is 0 Å². The minimum atomic E-state index is 0.326. The molecule has 0 aliphatic carbocycles. The zero-order chi connectivity index (χ0) is 12.1. The summed E-state index contributed by atoms with van der Waals surface area (Å²) in [4.78, 5) is 10.4. The quantitative estimate of drug-likeness (QED) is 0.791. The van der Waals surface area contributed by atoms with Crippen LogP contribution >= 0.6 is 15.9 Å². The van der Waals surface area contributed by atoms with Crippen LogP contribution in [0.2, 0.25) is 0 Å². The lowest BCUT2D eigenvalue weighted by molar-refractivity contribution is 0.111. The molecule has 0 amide bonds. The van der Waals surface area contributed by atoms with E-state index in [4.69, 9.17) is 4.74 Å². The Morgan fingerprint density at radius 3 is 3.06 bits per heavy atom. The van der Waals surface area contributed by atoms with Gasteiger partial charge in [0.1, 0.15) is 18.1 Å². The topological polar surface area (TPSA) is 57.0 Å². The Kier molecular flexibility index (Phi) is 3.87. The average molecular weight is 296 g/mol. The van der Waals surface area contributed by atoms with Gasteiger partial charge in [0.25, 0.3) is 0 Å². The Hall–Kier alpha value is -1.69. The Balaban J connectivity index is 1.85. The normalized spacial score (nSPS) is 10.2. The third kappa shape index (κ3) is 3.39. The zero-order valence-electron chi connectivity index (χ0n) is 8.91. The zero-order valence-corrected chi connectivity index (χ0v) is 10.5. The number of nitrogens with zero attached hydrogens (tertiary/aromatic N) is 3. The van der Waals surface area contributed by atoms with Crippen molar-refractivity contribution in [2.24, 2.45) is 0 Å². The van der Waals surface area contributed by atoms with Crippen LogP contribution in [0.15, 0.2) is 34.9 Å². The number of benzene rings is 1. The first-order chi connectivity index (χ1) is 8.28. The van der Waals surface area contributed by atoms with Crippen LogP contribution < -0.4 is 4.74 Å². The Bertz CT molecular complexity index is 513. The van der Waals surface area contributed by atoms with Crippen LogP contribution in [-0.2, 0) is 6.54 Å². The first kappa shape index (κ1) is 11.8. The van der Waals surface area contributed by atoms with E-state index in [2.05, 4.69) is 26.2 Å². The van der Waals surface area contributed by atoms with Crippen molar-refractivity contribution in [2.75, 3.05) is 6.61 Å². The fraction of sp³-hybridized carbons (Fsp3) is 0.182. The second-order valence-electron chi connectivity index (χ2n) is 3.33. The van der Waals surface area contributed by atoms with Crippen LogP contribution in [0.4, 0.5) is 0 Å². The SMILES string of the molecule is O=Cc1cn(CCOc2cccc(Br)c2)nn1. The van der Waals surface area contributed by atoms with Crippen molar-refractivity contribution >= 4 is 22.2 Å². The molecular weight excluding hydrogens is 286 g/mol. The molecule has 0 spiro atoms. The Labute approximate surface area is 107 Å². The van der Waals surface area contributed by atoms with Gasteiger partial charge in [-0.15, -0.1) is 5.10 Å². The standard InChI is InChI=1S/C11H10BrN3O2/c12-9-2-1-3-11(6-9)17-5-4-15-7-10(8-16)13-14-15/h1-3,6-8H,4-5H2. The average Bonchev–Trinajstić information content (AvgIpc) is 2.77. The molecule has 6 heteroatoms. The van der Waals surface area contributed by atoms with Crippen LogP contribution in [0.25, 0.3) is 0 Å². The number of aldehydes is 1. The van der Waals surface area contributed by atoms with E-state index in [9.17, 15) is 4.79 Å². The largest absolute Gasteiger partial charge is 0.492 e. The lowest BCUT2D eigenvalue weighted by Crippen LogP contribution is -2.08. The molecule has 0 N–H and O–H groups in total. The van der Waals surface area contributed by atoms with E-state index in [0.29, 0.717) is 25.1 Å². The number of hydrogen-bond acceptors (Lipinski definition) is 4. The highest BCUT2D eigenvalue weighted by molar-refractivity contribution is 9.10. The number of carbonyl (C=O) groups excluding carboxylic acids is 1. The summed E-state index contributed by atoms with van der Waals surface area (Å²) in [6.45, 7) is 1.02. The number of hydrogen-bond donors (Lipinski definition) is 0. The number of rotatable bonds is 5. The summed E-state index contributed by atoms with van der Waals surface area (Å²) in [6, 6.07) is 7.60. The summed E-state index contributed by atoms with van der Waals surface area (Å²) in [5.41, 5.74) is 0.326. The van der Waals surface area contributed by atoms with Crippen molar-refractivity contribution in [3.63, 3.8) is 0 Å². The van der Waals surface area contributed by atoms with Crippen molar-refractivity contribution in [1.29, 1.82) is 0 Å². The summed E-state index contributed by atoms with van der Waals surface area (Å²) in [7, 11) is 0. The molecule has 2 aromatic rings. The van der Waals surface area contributed by atoms with Gasteiger partial charge >= 0.3 is 0 Å². The molecule has 0 radical (unpaired) electrons. The molecule has 17 heavy (non-hydrogen) atoms. The van der Waals surface area contributed by atoms with Crippen molar-refractivity contribution in [1.82, 2.24) is 15.0 Å². The second kappa shape index (κ2) is 5.58. The van der Waals surface area contributed by atoms with Gasteiger partial charge in [0.15, 0.2) is 6.29 Å². The number of ether oxygens (including phenoxy) is 1. The van der Waals surface area contributed by atoms with Crippen LogP contribution in [-0.4, -0.2) is 27.9 Å². The van der Waals surface area contributed by atoms with Crippen molar-refractivity contribution in [2.45, 2.75) is 6.54 Å². The van der Waals surface area contributed by atoms with E-state index in [1.807, 2.05) is 24.3 Å². The molecule has 0 aliphatic heterocycles. The van der Waals surface area contributed by atoms with Crippen molar-refractivity contribution in [3.05, 3.63) is 40.6 Å².